The number of rotatable bonds is 0. The van der Waals surface area contributed by atoms with Gasteiger partial charge in [-0.25, -0.2) is 4.57 Å². The number of fused-ring (bicyclic) bond motifs is 1. The Labute approximate surface area is 84.3 Å². The van der Waals surface area contributed by atoms with E-state index < -0.39 is 44.4 Å². The van der Waals surface area contributed by atoms with Gasteiger partial charge < -0.3 is 25.3 Å². The van der Waals surface area contributed by atoms with Crippen molar-refractivity contribution in [1.82, 2.24) is 0 Å². The molecule has 1 aliphatic carbocycles. The van der Waals surface area contributed by atoms with Crippen molar-refractivity contribution in [3.8, 4) is 0 Å². The molecular weight excluding hydrogens is 231 g/mol. The molecule has 2 rings (SSSR count). The Morgan fingerprint density at radius 3 is 1.47 bits per heavy atom. The maximum atomic E-state index is 11.0. The largest absolute Gasteiger partial charge is 0.473 e. The Hall–Kier alpha value is -0.0500. The van der Waals surface area contributed by atoms with Gasteiger partial charge in [-0.2, -0.15) is 0 Å². The minimum absolute atomic E-state index is 1.32. The summed E-state index contributed by atoms with van der Waals surface area (Å²) < 4.78 is 19.9. The first-order valence-corrected chi connectivity index (χ1v) is 5.75. The molecule has 0 radical (unpaired) electrons. The normalized spacial score (nSPS) is 60.3. The van der Waals surface area contributed by atoms with E-state index in [0.717, 1.165) is 0 Å². The van der Waals surface area contributed by atoms with Crippen molar-refractivity contribution in [1.29, 1.82) is 0 Å². The van der Waals surface area contributed by atoms with Gasteiger partial charge in [-0.1, -0.05) is 0 Å². The molecule has 6 atom stereocenters. The van der Waals surface area contributed by atoms with Crippen LogP contribution in [-0.4, -0.2) is 61.9 Å². The molecule has 0 spiro atoms. The first kappa shape index (κ1) is 11.4. The quantitative estimate of drug-likeness (QED) is 0.290. The van der Waals surface area contributed by atoms with Crippen molar-refractivity contribution in [2.24, 2.45) is 0 Å². The van der Waals surface area contributed by atoms with Gasteiger partial charge in [0, 0.05) is 0 Å². The molecule has 15 heavy (non-hydrogen) atoms. The van der Waals surface area contributed by atoms with E-state index in [9.17, 15) is 25.0 Å². The maximum Gasteiger partial charge on any atom is 0.473 e. The van der Waals surface area contributed by atoms with Crippen LogP contribution in [0.2, 0.25) is 0 Å². The zero-order valence-corrected chi connectivity index (χ0v) is 8.27. The van der Waals surface area contributed by atoms with Crippen LogP contribution in [-0.2, 0) is 13.6 Å². The molecule has 0 aromatic carbocycles. The van der Waals surface area contributed by atoms with Gasteiger partial charge in [0.2, 0.25) is 0 Å². The average Bonchev–Trinajstić information content (AvgIpc) is 2.48. The first-order chi connectivity index (χ1) is 6.83. The molecule has 1 aliphatic heterocycles. The fourth-order valence-corrected chi connectivity index (χ4v) is 2.91. The van der Waals surface area contributed by atoms with Gasteiger partial charge in [-0.3, -0.25) is 9.05 Å². The summed E-state index contributed by atoms with van der Waals surface area (Å²) in [5.74, 6) is 0. The Balaban J connectivity index is 2.27. The van der Waals surface area contributed by atoms with Crippen molar-refractivity contribution in [2.75, 3.05) is 0 Å². The van der Waals surface area contributed by atoms with Crippen LogP contribution in [0.5, 0.6) is 0 Å². The van der Waals surface area contributed by atoms with Crippen LogP contribution in [0.15, 0.2) is 0 Å². The fraction of sp³-hybridized carbons (Fsp3) is 1.00. The minimum atomic E-state index is -4.32. The Morgan fingerprint density at radius 1 is 0.800 bits per heavy atom. The molecule has 6 unspecified atom stereocenters. The highest BCUT2D eigenvalue weighted by atomic mass is 31.2. The molecule has 2 aliphatic rings. The summed E-state index contributed by atoms with van der Waals surface area (Å²) in [7, 11) is -4.32. The summed E-state index contributed by atoms with van der Waals surface area (Å²) in [6.07, 6.45) is -9.12. The van der Waals surface area contributed by atoms with Crippen LogP contribution < -0.4 is 0 Å². The zero-order chi connectivity index (χ0) is 11.4. The highest BCUT2D eigenvalue weighted by Gasteiger charge is 2.58. The predicted octanol–water partition coefficient (Wildman–Crippen LogP) is -2.67. The number of hydrogen-bond acceptors (Lipinski definition) is 7. The van der Waals surface area contributed by atoms with Gasteiger partial charge in [-0.05, 0) is 0 Å². The van der Waals surface area contributed by atoms with Crippen LogP contribution >= 0.6 is 7.82 Å². The molecule has 1 heterocycles. The van der Waals surface area contributed by atoms with Gasteiger partial charge in [0.25, 0.3) is 0 Å². The third-order valence-corrected chi connectivity index (χ3v) is 3.58. The molecule has 1 saturated heterocycles. The van der Waals surface area contributed by atoms with E-state index in [-0.39, 0.29) is 0 Å². The van der Waals surface area contributed by atoms with Gasteiger partial charge >= 0.3 is 7.82 Å². The molecular formula is C6H11O8P. The molecule has 0 aromatic heterocycles. The van der Waals surface area contributed by atoms with Crippen molar-refractivity contribution in [3.05, 3.63) is 0 Å². The first-order valence-electron chi connectivity index (χ1n) is 4.25. The second kappa shape index (κ2) is 3.47. The molecule has 8 nitrogen and oxygen atoms in total. The molecule has 5 N–H and O–H groups in total. The zero-order valence-electron chi connectivity index (χ0n) is 7.37. The fourth-order valence-electron chi connectivity index (χ4n) is 1.76. The number of aliphatic hydroxyl groups excluding tert-OH is 4. The van der Waals surface area contributed by atoms with Gasteiger partial charge in [0.05, 0.1) is 0 Å². The standard InChI is InChI=1S/C6H11O8P/c7-1-2(8)4(10)6-5(3(1)9)13-15(11,12)14-6/h1-10H,(H,11,12). The summed E-state index contributed by atoms with van der Waals surface area (Å²) >= 11 is 0. The topological polar surface area (TPSA) is 137 Å². The van der Waals surface area contributed by atoms with Crippen molar-refractivity contribution >= 4 is 7.82 Å². The average molecular weight is 242 g/mol. The summed E-state index contributed by atoms with van der Waals surface area (Å²) in [6.45, 7) is 0. The number of phosphoric ester groups is 1. The van der Waals surface area contributed by atoms with Crippen LogP contribution in [0.25, 0.3) is 0 Å². The summed E-state index contributed by atoms with van der Waals surface area (Å²) in [5, 5.41) is 37.4. The van der Waals surface area contributed by atoms with Crippen molar-refractivity contribution < 1.29 is 38.9 Å². The van der Waals surface area contributed by atoms with Crippen LogP contribution in [0.4, 0.5) is 0 Å². The van der Waals surface area contributed by atoms with Crippen LogP contribution in [0, 0.1) is 0 Å². The lowest BCUT2D eigenvalue weighted by atomic mass is 9.85. The van der Waals surface area contributed by atoms with E-state index in [1.165, 1.54) is 0 Å². The van der Waals surface area contributed by atoms with E-state index in [0.29, 0.717) is 0 Å². The van der Waals surface area contributed by atoms with Crippen LogP contribution in [0.1, 0.15) is 0 Å². The second-order valence-corrected chi connectivity index (χ2v) is 4.93. The van der Waals surface area contributed by atoms with E-state index in [1.807, 2.05) is 0 Å². The number of hydrogen-bond donors (Lipinski definition) is 5. The monoisotopic (exact) mass is 242 g/mol. The second-order valence-electron chi connectivity index (χ2n) is 3.57. The minimum Gasteiger partial charge on any atom is -0.387 e. The third-order valence-electron chi connectivity index (χ3n) is 2.56. The van der Waals surface area contributed by atoms with Gasteiger partial charge in [0.15, 0.2) is 0 Å². The summed E-state index contributed by atoms with van der Waals surface area (Å²) in [6, 6.07) is 0. The molecule has 0 bridgehead atoms. The molecule has 1 saturated carbocycles. The highest BCUT2D eigenvalue weighted by molar-refractivity contribution is 7.47. The van der Waals surface area contributed by atoms with Crippen molar-refractivity contribution in [2.45, 2.75) is 36.6 Å². The molecule has 2 fully saturated rings. The third kappa shape index (κ3) is 1.73. The number of aliphatic hydroxyl groups is 4. The summed E-state index contributed by atoms with van der Waals surface area (Å²) in [4.78, 5) is 8.96. The smallest absolute Gasteiger partial charge is 0.387 e. The van der Waals surface area contributed by atoms with Crippen LogP contribution in [0.3, 0.4) is 0 Å². The Kier molecular flexibility index (Phi) is 2.65. The van der Waals surface area contributed by atoms with E-state index in [1.54, 1.807) is 0 Å². The number of phosphoric acid groups is 1. The lowest BCUT2D eigenvalue weighted by Crippen LogP contribution is -2.62. The van der Waals surface area contributed by atoms with E-state index in [4.69, 9.17) is 4.89 Å². The summed E-state index contributed by atoms with van der Waals surface area (Å²) in [5.41, 5.74) is 0. The molecule has 0 aromatic rings. The Morgan fingerprint density at radius 2 is 1.13 bits per heavy atom. The van der Waals surface area contributed by atoms with Gasteiger partial charge in [0.1, 0.15) is 36.6 Å². The lowest BCUT2D eigenvalue weighted by molar-refractivity contribution is -0.192. The molecule has 88 valence electrons. The van der Waals surface area contributed by atoms with Gasteiger partial charge in [-0.15, -0.1) is 0 Å². The highest BCUT2D eigenvalue weighted by Crippen LogP contribution is 2.55. The van der Waals surface area contributed by atoms with E-state index >= 15 is 0 Å². The molecule has 0 amide bonds. The lowest BCUT2D eigenvalue weighted by Gasteiger charge is -2.38. The molecule has 9 heteroatoms. The van der Waals surface area contributed by atoms with E-state index in [2.05, 4.69) is 9.05 Å². The predicted molar refractivity (Wildman–Crippen MR) is 43.6 cm³/mol. The SMILES string of the molecule is O=P1(O)OC2C(O)C(O)C(O)C(O)C2O1. The van der Waals surface area contributed by atoms with Crippen molar-refractivity contribution in [3.63, 3.8) is 0 Å². The maximum absolute atomic E-state index is 11.0. The Bertz CT molecular complexity index is 282.